The minimum Gasteiger partial charge on any atom is -0.497 e. The predicted octanol–water partition coefficient (Wildman–Crippen LogP) is 3.48. The van der Waals surface area contributed by atoms with Gasteiger partial charge in [0.25, 0.3) is 0 Å². The molecule has 0 saturated heterocycles. The van der Waals surface area contributed by atoms with Gasteiger partial charge in [-0.05, 0) is 23.6 Å². The van der Waals surface area contributed by atoms with Crippen LogP contribution in [0.25, 0.3) is 0 Å². The van der Waals surface area contributed by atoms with E-state index >= 15 is 0 Å². The molecule has 2 aromatic carbocycles. The summed E-state index contributed by atoms with van der Waals surface area (Å²) in [6.45, 7) is 3.01. The molecule has 0 saturated carbocycles. The maximum Gasteiger partial charge on any atom is 0.122 e. The lowest BCUT2D eigenvalue weighted by atomic mass is 10.1. The van der Waals surface area contributed by atoms with Crippen LogP contribution in [0.5, 0.6) is 5.75 Å². The minimum atomic E-state index is 0.715. The van der Waals surface area contributed by atoms with Gasteiger partial charge in [-0.1, -0.05) is 31.2 Å². The van der Waals surface area contributed by atoms with E-state index < -0.39 is 0 Å². The number of ether oxygens (including phenoxy) is 1. The van der Waals surface area contributed by atoms with Gasteiger partial charge in [-0.2, -0.15) is 0 Å². The first kappa shape index (κ1) is 14.3. The average molecular weight is 270 g/mol. The van der Waals surface area contributed by atoms with Crippen LogP contribution < -0.4 is 15.4 Å². The lowest BCUT2D eigenvalue weighted by molar-refractivity contribution is 0.415. The lowest BCUT2D eigenvalue weighted by Gasteiger charge is -2.20. The highest BCUT2D eigenvalue weighted by Crippen LogP contribution is 2.25. The van der Waals surface area contributed by atoms with Crippen LogP contribution in [0.2, 0.25) is 0 Å². The van der Waals surface area contributed by atoms with Crippen LogP contribution >= 0.6 is 0 Å². The van der Waals surface area contributed by atoms with Crippen molar-refractivity contribution in [3.63, 3.8) is 0 Å². The smallest absolute Gasteiger partial charge is 0.122 e. The number of aryl methyl sites for hydroxylation is 1. The first-order valence-electron chi connectivity index (χ1n) is 6.86. The Bertz CT molecular complexity index is 564. The second kappa shape index (κ2) is 6.33. The van der Waals surface area contributed by atoms with E-state index in [9.17, 15) is 0 Å². The largest absolute Gasteiger partial charge is 0.497 e. The molecule has 0 unspecified atom stereocenters. The van der Waals surface area contributed by atoms with Gasteiger partial charge in [-0.15, -0.1) is 0 Å². The van der Waals surface area contributed by atoms with Crippen molar-refractivity contribution < 1.29 is 4.74 Å². The molecule has 0 radical (unpaired) electrons. The Hall–Kier alpha value is -2.16. The van der Waals surface area contributed by atoms with Crippen molar-refractivity contribution in [2.45, 2.75) is 19.9 Å². The molecular formula is C17H22N2O. The van der Waals surface area contributed by atoms with Crippen molar-refractivity contribution in [3.05, 3.63) is 53.6 Å². The number of rotatable bonds is 5. The molecule has 0 spiro atoms. The molecule has 2 aromatic rings. The van der Waals surface area contributed by atoms with Crippen molar-refractivity contribution in [2.75, 3.05) is 24.8 Å². The summed E-state index contributed by atoms with van der Waals surface area (Å²) >= 11 is 0. The summed E-state index contributed by atoms with van der Waals surface area (Å²) in [6.07, 6.45) is 1.07. The highest BCUT2D eigenvalue weighted by atomic mass is 16.5. The zero-order valence-corrected chi connectivity index (χ0v) is 12.4. The van der Waals surface area contributed by atoms with E-state index in [1.165, 1.54) is 11.1 Å². The van der Waals surface area contributed by atoms with Crippen LogP contribution in [0.1, 0.15) is 18.1 Å². The third-order valence-corrected chi connectivity index (χ3v) is 3.44. The number of nitrogen functional groups attached to an aromatic ring is 1. The predicted molar refractivity (Wildman–Crippen MR) is 85.3 cm³/mol. The number of nitrogens with two attached hydrogens (primary N) is 1. The highest BCUT2D eigenvalue weighted by Gasteiger charge is 2.05. The first-order valence-corrected chi connectivity index (χ1v) is 6.86. The van der Waals surface area contributed by atoms with E-state index in [2.05, 4.69) is 43.1 Å². The molecule has 0 aliphatic carbocycles. The van der Waals surface area contributed by atoms with Gasteiger partial charge in [0, 0.05) is 37.1 Å². The maximum absolute atomic E-state index is 5.90. The van der Waals surface area contributed by atoms with E-state index in [0.29, 0.717) is 5.69 Å². The van der Waals surface area contributed by atoms with E-state index in [1.807, 2.05) is 18.2 Å². The normalized spacial score (nSPS) is 10.3. The van der Waals surface area contributed by atoms with E-state index in [1.54, 1.807) is 7.11 Å². The molecule has 0 atom stereocenters. The Labute approximate surface area is 121 Å². The zero-order chi connectivity index (χ0) is 14.5. The van der Waals surface area contributed by atoms with Gasteiger partial charge in [-0.25, -0.2) is 0 Å². The number of nitrogens with zero attached hydrogens (tertiary/aromatic N) is 1. The molecule has 106 valence electrons. The summed E-state index contributed by atoms with van der Waals surface area (Å²) in [5.41, 5.74) is 10.3. The Morgan fingerprint density at radius 3 is 2.30 bits per heavy atom. The van der Waals surface area contributed by atoms with Crippen molar-refractivity contribution >= 4 is 11.4 Å². The quantitative estimate of drug-likeness (QED) is 0.845. The van der Waals surface area contributed by atoms with E-state index in [-0.39, 0.29) is 0 Å². The summed E-state index contributed by atoms with van der Waals surface area (Å²) in [5.74, 6) is 0.785. The van der Waals surface area contributed by atoms with Crippen molar-refractivity contribution in [1.29, 1.82) is 0 Å². The third-order valence-electron chi connectivity index (χ3n) is 3.44. The minimum absolute atomic E-state index is 0.715. The number of hydrogen-bond acceptors (Lipinski definition) is 3. The first-order chi connectivity index (χ1) is 9.62. The summed E-state index contributed by atoms with van der Waals surface area (Å²) in [4.78, 5) is 2.17. The van der Waals surface area contributed by atoms with Gasteiger partial charge in [0.1, 0.15) is 5.75 Å². The van der Waals surface area contributed by atoms with E-state index in [0.717, 1.165) is 24.4 Å². The third kappa shape index (κ3) is 3.44. The molecular weight excluding hydrogens is 248 g/mol. The van der Waals surface area contributed by atoms with Crippen molar-refractivity contribution in [2.24, 2.45) is 0 Å². The zero-order valence-electron chi connectivity index (χ0n) is 12.4. The average Bonchev–Trinajstić information content (AvgIpc) is 2.47. The topological polar surface area (TPSA) is 38.5 Å². The Kier molecular flexibility index (Phi) is 4.51. The number of benzene rings is 2. The molecule has 0 heterocycles. The van der Waals surface area contributed by atoms with Crippen molar-refractivity contribution in [3.8, 4) is 5.75 Å². The van der Waals surface area contributed by atoms with Crippen LogP contribution in [0.4, 0.5) is 11.4 Å². The van der Waals surface area contributed by atoms with Crippen LogP contribution in [0, 0.1) is 0 Å². The Balaban J connectivity index is 2.14. The van der Waals surface area contributed by atoms with Gasteiger partial charge >= 0.3 is 0 Å². The Morgan fingerprint density at radius 1 is 1.05 bits per heavy atom. The second-order valence-electron chi connectivity index (χ2n) is 4.99. The summed E-state index contributed by atoms with van der Waals surface area (Å²) in [7, 11) is 3.71. The van der Waals surface area contributed by atoms with E-state index in [4.69, 9.17) is 10.5 Å². The van der Waals surface area contributed by atoms with Crippen LogP contribution in [0.3, 0.4) is 0 Å². The number of anilines is 2. The monoisotopic (exact) mass is 270 g/mol. The number of hydrogen-bond donors (Lipinski definition) is 1. The van der Waals surface area contributed by atoms with Gasteiger partial charge in [-0.3, -0.25) is 0 Å². The summed E-state index contributed by atoms with van der Waals surface area (Å²) < 4.78 is 5.26. The maximum atomic E-state index is 5.90. The fraction of sp³-hybridized carbons (Fsp3) is 0.294. The molecule has 0 aromatic heterocycles. The highest BCUT2D eigenvalue weighted by molar-refractivity contribution is 5.60. The fourth-order valence-electron chi connectivity index (χ4n) is 2.19. The molecule has 3 heteroatoms. The van der Waals surface area contributed by atoms with Gasteiger partial charge in [0.15, 0.2) is 0 Å². The van der Waals surface area contributed by atoms with Crippen molar-refractivity contribution in [1.82, 2.24) is 0 Å². The summed E-state index contributed by atoms with van der Waals surface area (Å²) in [5, 5.41) is 0. The SMILES string of the molecule is CCc1ccc(CN(C)c2cc(N)cc(OC)c2)cc1. The van der Waals surface area contributed by atoms with Crippen LogP contribution in [-0.2, 0) is 13.0 Å². The molecule has 0 aliphatic rings. The van der Waals surface area contributed by atoms with Gasteiger partial charge in [0.05, 0.1) is 7.11 Å². The molecule has 3 nitrogen and oxygen atoms in total. The molecule has 2 rings (SSSR count). The molecule has 0 fully saturated rings. The molecule has 20 heavy (non-hydrogen) atoms. The Morgan fingerprint density at radius 2 is 1.70 bits per heavy atom. The number of methoxy groups -OCH3 is 1. The standard InChI is InChI=1S/C17H22N2O/c1-4-13-5-7-14(8-6-13)12-19(2)16-9-15(18)10-17(11-16)20-3/h5-11H,4,12,18H2,1-3H3. The summed E-state index contributed by atoms with van der Waals surface area (Å²) in [6, 6.07) is 14.5. The molecule has 0 bridgehead atoms. The molecule has 0 amide bonds. The van der Waals surface area contributed by atoms with Crippen LogP contribution in [-0.4, -0.2) is 14.2 Å². The van der Waals surface area contributed by atoms with Gasteiger partial charge < -0.3 is 15.4 Å². The van der Waals surface area contributed by atoms with Gasteiger partial charge in [0.2, 0.25) is 0 Å². The lowest BCUT2D eigenvalue weighted by Crippen LogP contribution is -2.16. The molecule has 2 N–H and O–H groups in total. The van der Waals surface area contributed by atoms with Crippen LogP contribution in [0.15, 0.2) is 42.5 Å². The molecule has 0 aliphatic heterocycles. The fourth-order valence-corrected chi connectivity index (χ4v) is 2.19. The second-order valence-corrected chi connectivity index (χ2v) is 4.99.